The Morgan fingerprint density at radius 3 is 2.67 bits per heavy atom. The van der Waals surface area contributed by atoms with Gasteiger partial charge in [0.1, 0.15) is 0 Å². The van der Waals surface area contributed by atoms with Crippen LogP contribution in [-0.4, -0.2) is 30.7 Å². The fourth-order valence-electron chi connectivity index (χ4n) is 1.47. The smallest absolute Gasteiger partial charge is 0.328 e. The zero-order valence-corrected chi connectivity index (χ0v) is 12.4. The molecule has 6 nitrogen and oxygen atoms in total. The third-order valence-corrected chi connectivity index (χ3v) is 2.86. The number of primary amides is 1. The average molecular weight is 314 g/mol. The summed E-state index contributed by atoms with van der Waals surface area (Å²) in [6, 6.07) is 3.07. The van der Waals surface area contributed by atoms with Gasteiger partial charge in [-0.05, 0) is 12.1 Å². The number of benzene rings is 1. The van der Waals surface area contributed by atoms with Crippen molar-refractivity contribution in [2.24, 2.45) is 11.7 Å². The highest BCUT2D eigenvalue weighted by Crippen LogP contribution is 2.35. The summed E-state index contributed by atoms with van der Waals surface area (Å²) in [5, 5.41) is 9.07. The van der Waals surface area contributed by atoms with Gasteiger partial charge in [0.05, 0.1) is 19.6 Å². The van der Waals surface area contributed by atoms with Gasteiger partial charge in [-0.25, -0.2) is 4.79 Å². The molecular formula is C14H16ClNO5. The second kappa shape index (κ2) is 7.54. The minimum Gasteiger partial charge on any atom is -0.493 e. The molecule has 114 valence electrons. The van der Waals surface area contributed by atoms with Crippen LogP contribution in [0, 0.1) is 5.92 Å². The van der Waals surface area contributed by atoms with Gasteiger partial charge in [0, 0.05) is 22.7 Å². The fourth-order valence-corrected chi connectivity index (χ4v) is 1.69. The Morgan fingerprint density at radius 2 is 2.14 bits per heavy atom. The lowest BCUT2D eigenvalue weighted by molar-refractivity contribution is -0.131. The minimum absolute atomic E-state index is 0.0429. The van der Waals surface area contributed by atoms with Gasteiger partial charge in [0.2, 0.25) is 5.91 Å². The van der Waals surface area contributed by atoms with E-state index in [0.717, 1.165) is 6.08 Å². The molecule has 7 heteroatoms. The number of methoxy groups -OCH3 is 1. The molecule has 1 unspecified atom stereocenters. The van der Waals surface area contributed by atoms with Crippen LogP contribution in [0.4, 0.5) is 0 Å². The third kappa shape index (κ3) is 5.00. The van der Waals surface area contributed by atoms with Gasteiger partial charge in [0.25, 0.3) is 0 Å². The molecule has 21 heavy (non-hydrogen) atoms. The van der Waals surface area contributed by atoms with E-state index in [-0.39, 0.29) is 6.61 Å². The second-order valence-corrected chi connectivity index (χ2v) is 4.75. The number of ether oxygens (including phenoxy) is 2. The van der Waals surface area contributed by atoms with Crippen molar-refractivity contribution in [1.29, 1.82) is 0 Å². The lowest BCUT2D eigenvalue weighted by Crippen LogP contribution is -2.26. The third-order valence-electron chi connectivity index (χ3n) is 2.64. The van der Waals surface area contributed by atoms with E-state index in [0.29, 0.717) is 22.1 Å². The van der Waals surface area contributed by atoms with E-state index in [2.05, 4.69) is 0 Å². The van der Waals surface area contributed by atoms with Crippen molar-refractivity contribution in [3.05, 3.63) is 28.8 Å². The lowest BCUT2D eigenvalue weighted by Gasteiger charge is -2.16. The maximum absolute atomic E-state index is 11.0. The first-order valence-electron chi connectivity index (χ1n) is 6.05. The van der Waals surface area contributed by atoms with E-state index in [9.17, 15) is 9.59 Å². The summed E-state index contributed by atoms with van der Waals surface area (Å²) < 4.78 is 10.7. The molecule has 0 aliphatic carbocycles. The van der Waals surface area contributed by atoms with E-state index >= 15 is 0 Å². The van der Waals surface area contributed by atoms with Crippen LogP contribution in [-0.2, 0) is 9.59 Å². The number of carbonyl (C=O) groups excluding carboxylic acids is 1. The van der Waals surface area contributed by atoms with Crippen LogP contribution in [0.5, 0.6) is 11.5 Å². The molecule has 0 saturated heterocycles. The molecular weight excluding hydrogens is 298 g/mol. The molecule has 0 heterocycles. The summed E-state index contributed by atoms with van der Waals surface area (Å²) in [6.07, 6.45) is 2.29. The molecule has 1 aromatic rings. The van der Waals surface area contributed by atoms with Crippen LogP contribution in [0.2, 0.25) is 5.02 Å². The number of rotatable bonds is 7. The molecule has 0 fully saturated rings. The van der Waals surface area contributed by atoms with Crippen LogP contribution < -0.4 is 15.2 Å². The molecule has 1 amide bonds. The molecule has 1 atom stereocenters. The molecule has 1 rings (SSSR count). The predicted octanol–water partition coefficient (Wildman–Crippen LogP) is 1.95. The van der Waals surface area contributed by atoms with Gasteiger partial charge < -0.3 is 20.3 Å². The van der Waals surface area contributed by atoms with Crippen molar-refractivity contribution in [1.82, 2.24) is 0 Å². The average Bonchev–Trinajstić information content (AvgIpc) is 2.42. The fraction of sp³-hybridized carbons (Fsp3) is 0.286. The molecule has 3 N–H and O–H groups in total. The molecule has 1 aromatic carbocycles. The summed E-state index contributed by atoms with van der Waals surface area (Å²) in [7, 11) is 1.43. The number of hydrogen-bond acceptors (Lipinski definition) is 4. The number of amides is 1. The quantitative estimate of drug-likeness (QED) is 0.750. The molecule has 0 radical (unpaired) electrons. The second-order valence-electron chi connectivity index (χ2n) is 4.31. The highest BCUT2D eigenvalue weighted by molar-refractivity contribution is 6.31. The molecule has 0 aromatic heterocycles. The number of hydrogen-bond donors (Lipinski definition) is 2. The van der Waals surface area contributed by atoms with E-state index in [1.165, 1.54) is 25.3 Å². The normalized spacial score (nSPS) is 12.1. The Morgan fingerprint density at radius 1 is 1.48 bits per heavy atom. The summed E-state index contributed by atoms with van der Waals surface area (Å²) in [4.78, 5) is 21.7. The summed E-state index contributed by atoms with van der Waals surface area (Å²) in [5.74, 6) is -1.46. The lowest BCUT2D eigenvalue weighted by atomic mass is 10.1. The summed E-state index contributed by atoms with van der Waals surface area (Å²) >= 11 is 5.94. The Balaban J connectivity index is 3.13. The largest absolute Gasteiger partial charge is 0.493 e. The van der Waals surface area contributed by atoms with E-state index in [1.807, 2.05) is 0 Å². The van der Waals surface area contributed by atoms with Crippen molar-refractivity contribution in [2.75, 3.05) is 13.7 Å². The van der Waals surface area contributed by atoms with Crippen molar-refractivity contribution in [2.45, 2.75) is 6.92 Å². The topological polar surface area (TPSA) is 98.8 Å². The predicted molar refractivity (Wildman–Crippen MR) is 78.5 cm³/mol. The van der Waals surface area contributed by atoms with Gasteiger partial charge in [-0.3, -0.25) is 4.79 Å². The van der Waals surface area contributed by atoms with Crippen molar-refractivity contribution in [3.63, 3.8) is 0 Å². The van der Waals surface area contributed by atoms with Crippen molar-refractivity contribution >= 4 is 29.6 Å². The molecule has 0 aliphatic heterocycles. The monoisotopic (exact) mass is 313 g/mol. The van der Waals surface area contributed by atoms with Crippen LogP contribution in [0.1, 0.15) is 12.5 Å². The van der Waals surface area contributed by atoms with Crippen molar-refractivity contribution < 1.29 is 24.2 Å². The number of nitrogens with two attached hydrogens (primary N) is 1. The first-order chi connectivity index (χ1) is 9.85. The molecule has 0 saturated carbocycles. The van der Waals surface area contributed by atoms with Gasteiger partial charge in [-0.15, -0.1) is 0 Å². The number of carbonyl (C=O) groups is 2. The van der Waals surface area contributed by atoms with Gasteiger partial charge in [-0.1, -0.05) is 18.5 Å². The standard InChI is InChI=1S/C14H16ClNO5/c1-8(14(16)19)7-21-13-9(3-4-12(17)18)5-10(15)6-11(13)20-2/h3-6,8H,7H2,1-2H3,(H2,16,19)(H,17,18)/b4-3+. The van der Waals surface area contributed by atoms with Gasteiger partial charge in [0.15, 0.2) is 11.5 Å². The zero-order chi connectivity index (χ0) is 16.0. The van der Waals surface area contributed by atoms with E-state index in [4.69, 9.17) is 31.9 Å². The summed E-state index contributed by atoms with van der Waals surface area (Å²) in [6.45, 7) is 1.67. The Kier molecular flexibility index (Phi) is 6.05. The molecule has 0 bridgehead atoms. The molecule has 0 aliphatic rings. The number of carboxylic acids is 1. The highest BCUT2D eigenvalue weighted by Gasteiger charge is 2.15. The van der Waals surface area contributed by atoms with Crippen LogP contribution in [0.3, 0.4) is 0 Å². The maximum atomic E-state index is 11.0. The zero-order valence-electron chi connectivity index (χ0n) is 11.6. The first kappa shape index (κ1) is 16.8. The first-order valence-corrected chi connectivity index (χ1v) is 6.43. The van der Waals surface area contributed by atoms with Gasteiger partial charge in [-0.2, -0.15) is 0 Å². The number of halogens is 1. The van der Waals surface area contributed by atoms with Crippen molar-refractivity contribution in [3.8, 4) is 11.5 Å². The Hall–Kier alpha value is -2.21. The van der Waals surface area contributed by atoms with Crippen LogP contribution in [0.25, 0.3) is 6.08 Å². The van der Waals surface area contributed by atoms with E-state index < -0.39 is 17.8 Å². The Bertz CT molecular complexity index is 571. The SMILES string of the molecule is COc1cc(Cl)cc(/C=C/C(=O)O)c1OCC(C)C(N)=O. The summed E-state index contributed by atoms with van der Waals surface area (Å²) in [5.41, 5.74) is 5.60. The maximum Gasteiger partial charge on any atom is 0.328 e. The Labute approximate surface area is 127 Å². The number of carboxylic acid groups (broad SMARTS) is 1. The van der Waals surface area contributed by atoms with Crippen LogP contribution in [0.15, 0.2) is 18.2 Å². The minimum atomic E-state index is -1.11. The van der Waals surface area contributed by atoms with E-state index in [1.54, 1.807) is 6.92 Å². The van der Waals surface area contributed by atoms with Gasteiger partial charge >= 0.3 is 5.97 Å². The molecule has 0 spiro atoms. The van der Waals surface area contributed by atoms with Crippen LogP contribution >= 0.6 is 11.6 Å². The number of aliphatic carboxylic acids is 1. The highest BCUT2D eigenvalue weighted by atomic mass is 35.5.